The van der Waals surface area contributed by atoms with Gasteiger partial charge in [0.15, 0.2) is 0 Å². The number of carbonyl (C=O) groups excluding carboxylic acids is 1. The summed E-state index contributed by atoms with van der Waals surface area (Å²) in [6.07, 6.45) is 3.95. The topological polar surface area (TPSA) is 55.3 Å². The normalized spacial score (nSPS) is 15.0. The third kappa shape index (κ3) is 4.11. The zero-order chi connectivity index (χ0) is 15.2. The van der Waals surface area contributed by atoms with E-state index in [0.717, 1.165) is 29.2 Å². The van der Waals surface area contributed by atoms with Gasteiger partial charge in [0.2, 0.25) is 5.91 Å². The number of nitrogens with zero attached hydrogens (tertiary/aromatic N) is 3. The van der Waals surface area contributed by atoms with Crippen molar-refractivity contribution >= 4 is 17.2 Å². The number of ether oxygens (including phenoxy) is 1. The maximum atomic E-state index is 12.2. The first-order valence-electron chi connectivity index (χ1n) is 7.50. The van der Waals surface area contributed by atoms with E-state index in [4.69, 9.17) is 4.74 Å². The second-order valence-corrected chi connectivity index (χ2v) is 6.17. The van der Waals surface area contributed by atoms with Gasteiger partial charge in [-0.1, -0.05) is 6.07 Å². The molecule has 116 valence electrons. The molecular formula is C16H19N3O2S. The zero-order valence-electron chi connectivity index (χ0n) is 12.4. The van der Waals surface area contributed by atoms with Gasteiger partial charge in [-0.05, 0) is 18.6 Å². The molecule has 1 aliphatic heterocycles. The summed E-state index contributed by atoms with van der Waals surface area (Å²) in [5.41, 5.74) is 1.95. The third-order valence-corrected chi connectivity index (χ3v) is 4.57. The van der Waals surface area contributed by atoms with E-state index >= 15 is 0 Å². The van der Waals surface area contributed by atoms with Crippen molar-refractivity contribution in [3.05, 3.63) is 46.2 Å². The zero-order valence-corrected chi connectivity index (χ0v) is 13.2. The molecule has 3 heterocycles. The Bertz CT molecular complexity index is 609. The fourth-order valence-corrected chi connectivity index (χ4v) is 3.20. The molecule has 1 saturated heterocycles. The van der Waals surface area contributed by atoms with Crippen molar-refractivity contribution in [2.45, 2.75) is 19.3 Å². The molecule has 1 fully saturated rings. The maximum Gasteiger partial charge on any atom is 0.228 e. The van der Waals surface area contributed by atoms with Crippen LogP contribution in [0.2, 0.25) is 0 Å². The van der Waals surface area contributed by atoms with Crippen LogP contribution in [0.5, 0.6) is 0 Å². The molecule has 2 aromatic rings. The van der Waals surface area contributed by atoms with Crippen LogP contribution in [0.25, 0.3) is 0 Å². The van der Waals surface area contributed by atoms with Crippen LogP contribution in [0.15, 0.2) is 29.8 Å². The number of rotatable bonds is 5. The van der Waals surface area contributed by atoms with Crippen molar-refractivity contribution < 1.29 is 9.53 Å². The molecule has 6 heteroatoms. The summed E-state index contributed by atoms with van der Waals surface area (Å²) < 4.78 is 5.26. The van der Waals surface area contributed by atoms with Gasteiger partial charge < -0.3 is 9.64 Å². The van der Waals surface area contributed by atoms with Gasteiger partial charge in [-0.3, -0.25) is 9.78 Å². The number of pyridine rings is 1. The van der Waals surface area contributed by atoms with Crippen LogP contribution in [0.3, 0.4) is 0 Å². The van der Waals surface area contributed by atoms with Gasteiger partial charge in [-0.2, -0.15) is 0 Å². The maximum absolute atomic E-state index is 12.2. The van der Waals surface area contributed by atoms with E-state index in [1.165, 1.54) is 0 Å². The highest BCUT2D eigenvalue weighted by atomic mass is 32.1. The molecule has 5 nitrogen and oxygen atoms in total. The molecule has 0 unspecified atom stereocenters. The highest BCUT2D eigenvalue weighted by molar-refractivity contribution is 7.09. The Hall–Kier alpha value is -1.79. The largest absolute Gasteiger partial charge is 0.378 e. The number of amides is 1. The Morgan fingerprint density at radius 2 is 2.09 bits per heavy atom. The van der Waals surface area contributed by atoms with Crippen LogP contribution in [0.4, 0.5) is 0 Å². The lowest BCUT2D eigenvalue weighted by Crippen LogP contribution is -2.41. The Kier molecular flexibility index (Phi) is 5.13. The lowest BCUT2D eigenvalue weighted by atomic mass is 10.2. The van der Waals surface area contributed by atoms with Crippen molar-refractivity contribution in [2.24, 2.45) is 0 Å². The first kappa shape index (κ1) is 15.1. The van der Waals surface area contributed by atoms with E-state index in [-0.39, 0.29) is 5.91 Å². The average molecular weight is 317 g/mol. The predicted octanol–water partition coefficient (Wildman–Crippen LogP) is 1.72. The van der Waals surface area contributed by atoms with E-state index in [1.54, 1.807) is 11.3 Å². The summed E-state index contributed by atoms with van der Waals surface area (Å²) in [7, 11) is 0. The fraction of sp³-hybridized carbons (Fsp3) is 0.438. The molecule has 0 bridgehead atoms. The van der Waals surface area contributed by atoms with Crippen LogP contribution >= 0.6 is 11.3 Å². The highest BCUT2D eigenvalue weighted by Crippen LogP contribution is 2.14. The number of morpholine rings is 1. The molecule has 0 spiro atoms. The third-order valence-electron chi connectivity index (χ3n) is 3.62. The summed E-state index contributed by atoms with van der Waals surface area (Å²) in [6, 6.07) is 5.94. The molecule has 0 atom stereocenters. The summed E-state index contributed by atoms with van der Waals surface area (Å²) in [5, 5.41) is 3.06. The van der Waals surface area contributed by atoms with Crippen molar-refractivity contribution in [2.75, 3.05) is 26.3 Å². The predicted molar refractivity (Wildman–Crippen MR) is 84.9 cm³/mol. The molecule has 3 rings (SSSR count). The number of hydrogen-bond acceptors (Lipinski definition) is 5. The van der Waals surface area contributed by atoms with Crippen LogP contribution in [-0.4, -0.2) is 47.1 Å². The molecule has 1 aliphatic rings. The second-order valence-electron chi connectivity index (χ2n) is 5.22. The molecule has 22 heavy (non-hydrogen) atoms. The van der Waals surface area contributed by atoms with Gasteiger partial charge in [0.1, 0.15) is 0 Å². The van der Waals surface area contributed by atoms with Gasteiger partial charge in [-0.15, -0.1) is 11.3 Å². The number of aromatic nitrogens is 2. The monoisotopic (exact) mass is 317 g/mol. The molecule has 0 aromatic carbocycles. The van der Waals surface area contributed by atoms with Crippen LogP contribution in [0.1, 0.15) is 16.4 Å². The lowest BCUT2D eigenvalue weighted by molar-refractivity contribution is -0.134. The van der Waals surface area contributed by atoms with Gasteiger partial charge in [0.25, 0.3) is 0 Å². The molecule has 0 aliphatic carbocycles. The van der Waals surface area contributed by atoms with Crippen molar-refractivity contribution in [3.63, 3.8) is 0 Å². The van der Waals surface area contributed by atoms with E-state index in [2.05, 4.69) is 9.97 Å². The SMILES string of the molecule is O=C(Cc1csc(CCc2ccccn2)n1)N1CCOCC1. The first-order valence-corrected chi connectivity index (χ1v) is 8.38. The Labute approximate surface area is 134 Å². The van der Waals surface area contributed by atoms with Crippen molar-refractivity contribution in [1.29, 1.82) is 0 Å². The fourth-order valence-electron chi connectivity index (χ4n) is 2.41. The molecule has 1 amide bonds. The van der Waals surface area contributed by atoms with Gasteiger partial charge in [0.05, 0.1) is 30.3 Å². The van der Waals surface area contributed by atoms with Crippen LogP contribution in [0, 0.1) is 0 Å². The Morgan fingerprint density at radius 1 is 1.23 bits per heavy atom. The standard InChI is InChI=1S/C16H19N3O2S/c20-16(19-7-9-21-10-8-19)11-14-12-22-15(18-14)5-4-13-3-1-2-6-17-13/h1-3,6,12H,4-5,7-11H2. The minimum Gasteiger partial charge on any atom is -0.378 e. The van der Waals surface area contributed by atoms with E-state index < -0.39 is 0 Å². The lowest BCUT2D eigenvalue weighted by Gasteiger charge is -2.26. The van der Waals surface area contributed by atoms with Gasteiger partial charge in [0, 0.05) is 36.8 Å². The second kappa shape index (κ2) is 7.47. The minimum atomic E-state index is 0.143. The molecule has 0 N–H and O–H groups in total. The van der Waals surface area contributed by atoms with Crippen LogP contribution < -0.4 is 0 Å². The summed E-state index contributed by atoms with van der Waals surface area (Å²) in [4.78, 5) is 22.9. The van der Waals surface area contributed by atoms with Crippen molar-refractivity contribution in [3.8, 4) is 0 Å². The molecule has 0 saturated carbocycles. The summed E-state index contributed by atoms with van der Waals surface area (Å²) >= 11 is 1.62. The quantitative estimate of drug-likeness (QED) is 0.843. The van der Waals surface area contributed by atoms with Gasteiger partial charge >= 0.3 is 0 Å². The van der Waals surface area contributed by atoms with E-state index in [1.807, 2.05) is 34.7 Å². The summed E-state index contributed by atoms with van der Waals surface area (Å²) in [6.45, 7) is 2.65. The molecule has 2 aromatic heterocycles. The van der Waals surface area contributed by atoms with Crippen LogP contribution in [-0.2, 0) is 28.8 Å². The molecular weight excluding hydrogens is 298 g/mol. The van der Waals surface area contributed by atoms with E-state index in [0.29, 0.717) is 32.7 Å². The first-order chi connectivity index (χ1) is 10.8. The Balaban J connectivity index is 1.51. The summed E-state index contributed by atoms with van der Waals surface area (Å²) in [5.74, 6) is 0.143. The average Bonchev–Trinajstić information content (AvgIpc) is 3.02. The minimum absolute atomic E-state index is 0.143. The molecule has 0 radical (unpaired) electrons. The number of carbonyl (C=O) groups is 1. The number of thiazole rings is 1. The van der Waals surface area contributed by atoms with Gasteiger partial charge in [-0.25, -0.2) is 4.98 Å². The Morgan fingerprint density at radius 3 is 2.86 bits per heavy atom. The smallest absolute Gasteiger partial charge is 0.228 e. The number of aryl methyl sites for hydroxylation is 2. The van der Waals surface area contributed by atoms with E-state index in [9.17, 15) is 4.79 Å². The highest BCUT2D eigenvalue weighted by Gasteiger charge is 2.18. The van der Waals surface area contributed by atoms with Crippen molar-refractivity contribution in [1.82, 2.24) is 14.9 Å². The number of hydrogen-bond donors (Lipinski definition) is 0.